The lowest BCUT2D eigenvalue weighted by Gasteiger charge is -2.09. The second-order valence-electron chi connectivity index (χ2n) is 6.29. The van der Waals surface area contributed by atoms with Gasteiger partial charge >= 0.3 is 6.03 Å². The number of aromatic nitrogens is 4. The van der Waals surface area contributed by atoms with Gasteiger partial charge in [-0.15, -0.1) is 10.2 Å². The van der Waals surface area contributed by atoms with Gasteiger partial charge in [0.1, 0.15) is 11.6 Å². The maximum Gasteiger partial charge on any atom is 0.319 e. The van der Waals surface area contributed by atoms with Crippen LogP contribution in [0.15, 0.2) is 30.5 Å². The quantitative estimate of drug-likeness (QED) is 0.750. The van der Waals surface area contributed by atoms with Gasteiger partial charge in [0, 0.05) is 44.4 Å². The predicted molar refractivity (Wildman–Crippen MR) is 96.7 cm³/mol. The van der Waals surface area contributed by atoms with Gasteiger partial charge in [-0.1, -0.05) is 6.07 Å². The average Bonchev–Trinajstić information content (AvgIpc) is 3.30. The van der Waals surface area contributed by atoms with Crippen LogP contribution in [0.2, 0.25) is 0 Å². The highest BCUT2D eigenvalue weighted by Crippen LogP contribution is 2.20. The maximum atomic E-state index is 12.1. The topological polar surface area (TPSA) is 76.8 Å². The summed E-state index contributed by atoms with van der Waals surface area (Å²) in [7, 11) is 0. The van der Waals surface area contributed by atoms with Gasteiger partial charge in [-0.2, -0.15) is 0 Å². The Labute approximate surface area is 146 Å². The van der Waals surface area contributed by atoms with Crippen molar-refractivity contribution in [1.82, 2.24) is 24.6 Å². The van der Waals surface area contributed by atoms with Crippen LogP contribution in [0.5, 0.6) is 0 Å². The number of aryl methyl sites for hydroxylation is 2. The van der Waals surface area contributed by atoms with Crippen LogP contribution in [0, 0.1) is 0 Å². The number of carbonyl (C=O) groups is 1. The fraction of sp³-hybridized carbons (Fsp3) is 0.389. The van der Waals surface area contributed by atoms with Crippen LogP contribution >= 0.6 is 0 Å². The number of nitrogens with zero attached hydrogens (tertiary/aromatic N) is 4. The highest BCUT2D eigenvalue weighted by atomic mass is 16.2. The average molecular weight is 338 g/mol. The zero-order valence-electron chi connectivity index (χ0n) is 14.3. The summed E-state index contributed by atoms with van der Waals surface area (Å²) < 4.78 is 4.32. The molecule has 3 aromatic rings. The molecule has 0 atom stereocenters. The molecule has 0 saturated heterocycles. The number of hydrogen-bond acceptors (Lipinski definition) is 3. The number of nitrogens with one attached hydrogen (secondary N) is 2. The summed E-state index contributed by atoms with van der Waals surface area (Å²) >= 11 is 0. The van der Waals surface area contributed by atoms with Gasteiger partial charge in [-0.3, -0.25) is 0 Å². The summed E-state index contributed by atoms with van der Waals surface area (Å²) in [6.07, 6.45) is 4.89. The Morgan fingerprint density at radius 1 is 1.28 bits per heavy atom. The van der Waals surface area contributed by atoms with Crippen LogP contribution in [0.4, 0.5) is 10.5 Å². The summed E-state index contributed by atoms with van der Waals surface area (Å²) in [5, 5.41) is 15.4. The van der Waals surface area contributed by atoms with E-state index in [4.69, 9.17) is 0 Å². The Morgan fingerprint density at radius 3 is 3.08 bits per heavy atom. The highest BCUT2D eigenvalue weighted by Gasteiger charge is 2.16. The molecule has 7 heteroatoms. The minimum atomic E-state index is -0.199. The number of fused-ring (bicyclic) bond motifs is 2. The minimum absolute atomic E-state index is 0.199. The molecule has 0 spiro atoms. The van der Waals surface area contributed by atoms with Crippen molar-refractivity contribution < 1.29 is 4.79 Å². The second-order valence-corrected chi connectivity index (χ2v) is 6.29. The third-order valence-corrected chi connectivity index (χ3v) is 4.69. The largest absolute Gasteiger partial charge is 0.348 e. The van der Waals surface area contributed by atoms with Gasteiger partial charge in [0.25, 0.3) is 0 Å². The van der Waals surface area contributed by atoms with Crippen molar-refractivity contribution in [2.24, 2.45) is 0 Å². The number of benzene rings is 1. The zero-order valence-corrected chi connectivity index (χ0v) is 14.3. The first-order valence-electron chi connectivity index (χ1n) is 8.79. The molecule has 2 N–H and O–H groups in total. The summed E-state index contributed by atoms with van der Waals surface area (Å²) in [6, 6.07) is 7.84. The zero-order chi connectivity index (χ0) is 17.2. The minimum Gasteiger partial charge on any atom is -0.348 e. The van der Waals surface area contributed by atoms with Crippen LogP contribution in [0.1, 0.15) is 25.0 Å². The standard InChI is InChI=1S/C18H22N6O/c1-2-23-11-8-13-5-6-14(12-15(13)23)20-18(25)19-9-7-17-22-21-16-4-3-10-24(16)17/h5-6,8,11-12H,2-4,7,9-10H2,1H3,(H2,19,20,25). The lowest BCUT2D eigenvalue weighted by Crippen LogP contribution is -2.30. The molecule has 2 aromatic heterocycles. The second kappa shape index (κ2) is 6.58. The first-order valence-corrected chi connectivity index (χ1v) is 8.79. The lowest BCUT2D eigenvalue weighted by molar-refractivity contribution is 0.252. The molecular weight excluding hydrogens is 316 g/mol. The number of rotatable bonds is 5. The fourth-order valence-corrected chi connectivity index (χ4v) is 3.40. The van der Waals surface area contributed by atoms with E-state index in [2.05, 4.69) is 49.2 Å². The van der Waals surface area contributed by atoms with E-state index in [1.807, 2.05) is 18.2 Å². The van der Waals surface area contributed by atoms with E-state index >= 15 is 0 Å². The Balaban J connectivity index is 1.34. The molecule has 3 heterocycles. The summed E-state index contributed by atoms with van der Waals surface area (Å²) in [4.78, 5) is 12.1. The molecule has 0 radical (unpaired) electrons. The van der Waals surface area contributed by atoms with Crippen LogP contribution in [-0.2, 0) is 25.9 Å². The number of amides is 2. The number of anilines is 1. The van der Waals surface area contributed by atoms with Crippen LogP contribution in [0.25, 0.3) is 10.9 Å². The van der Waals surface area contributed by atoms with Gasteiger partial charge in [0.15, 0.2) is 0 Å². The van der Waals surface area contributed by atoms with Gasteiger partial charge in [-0.05, 0) is 36.9 Å². The maximum absolute atomic E-state index is 12.1. The summed E-state index contributed by atoms with van der Waals surface area (Å²) in [5.41, 5.74) is 1.92. The highest BCUT2D eigenvalue weighted by molar-refractivity contribution is 5.92. The lowest BCUT2D eigenvalue weighted by atomic mass is 10.2. The van der Waals surface area contributed by atoms with E-state index in [-0.39, 0.29) is 6.03 Å². The molecule has 2 amide bonds. The van der Waals surface area contributed by atoms with Crippen molar-refractivity contribution in [1.29, 1.82) is 0 Å². The molecule has 130 valence electrons. The van der Waals surface area contributed by atoms with E-state index in [0.717, 1.165) is 48.8 Å². The Kier molecular flexibility index (Phi) is 4.13. The van der Waals surface area contributed by atoms with Crippen molar-refractivity contribution in [2.75, 3.05) is 11.9 Å². The first-order chi connectivity index (χ1) is 12.2. The molecule has 1 aliphatic heterocycles. The van der Waals surface area contributed by atoms with Gasteiger partial charge in [-0.25, -0.2) is 4.79 Å². The molecule has 1 aromatic carbocycles. The third-order valence-electron chi connectivity index (χ3n) is 4.69. The molecule has 4 rings (SSSR count). The van der Waals surface area contributed by atoms with Crippen molar-refractivity contribution in [3.8, 4) is 0 Å². The molecule has 0 bridgehead atoms. The Morgan fingerprint density at radius 2 is 2.20 bits per heavy atom. The van der Waals surface area contributed by atoms with E-state index in [1.165, 1.54) is 5.39 Å². The molecular formula is C18H22N6O. The van der Waals surface area contributed by atoms with Crippen molar-refractivity contribution in [3.05, 3.63) is 42.1 Å². The van der Waals surface area contributed by atoms with E-state index in [1.54, 1.807) is 0 Å². The summed E-state index contributed by atoms with van der Waals surface area (Å²) in [6.45, 7) is 4.54. The smallest absolute Gasteiger partial charge is 0.319 e. The van der Waals surface area contributed by atoms with Crippen LogP contribution in [0.3, 0.4) is 0 Å². The monoisotopic (exact) mass is 338 g/mol. The van der Waals surface area contributed by atoms with Gasteiger partial charge in [0.05, 0.1) is 5.52 Å². The van der Waals surface area contributed by atoms with Crippen LogP contribution < -0.4 is 10.6 Å². The molecule has 1 aliphatic rings. The van der Waals surface area contributed by atoms with E-state index in [9.17, 15) is 4.79 Å². The molecule has 0 saturated carbocycles. The van der Waals surface area contributed by atoms with Gasteiger partial charge in [0.2, 0.25) is 0 Å². The first kappa shape index (κ1) is 15.7. The summed E-state index contributed by atoms with van der Waals surface area (Å²) in [5.74, 6) is 2.02. The van der Waals surface area contributed by atoms with Crippen molar-refractivity contribution in [2.45, 2.75) is 39.3 Å². The number of carbonyl (C=O) groups excluding carboxylic acids is 1. The molecule has 0 fully saturated rings. The number of urea groups is 1. The SMILES string of the molecule is CCn1ccc2ccc(NC(=O)NCCc3nnc4n3CCC4)cc21. The van der Waals surface area contributed by atoms with E-state index in [0.29, 0.717) is 13.0 Å². The predicted octanol–water partition coefficient (Wildman–Crippen LogP) is 2.56. The van der Waals surface area contributed by atoms with Crippen LogP contribution in [-0.4, -0.2) is 31.9 Å². The third kappa shape index (κ3) is 3.09. The van der Waals surface area contributed by atoms with Gasteiger partial charge < -0.3 is 19.8 Å². The Hall–Kier alpha value is -2.83. The Bertz CT molecular complexity index is 910. The molecule has 0 unspecified atom stereocenters. The number of hydrogen-bond donors (Lipinski definition) is 2. The van der Waals surface area contributed by atoms with Crippen molar-refractivity contribution in [3.63, 3.8) is 0 Å². The normalized spacial score (nSPS) is 13.2. The van der Waals surface area contributed by atoms with Crippen molar-refractivity contribution >= 4 is 22.6 Å². The molecule has 25 heavy (non-hydrogen) atoms. The van der Waals surface area contributed by atoms with E-state index < -0.39 is 0 Å². The molecule has 0 aliphatic carbocycles. The fourth-order valence-electron chi connectivity index (χ4n) is 3.40. The molecule has 7 nitrogen and oxygen atoms in total.